The van der Waals surface area contributed by atoms with Crippen molar-refractivity contribution in [2.24, 2.45) is 0 Å². The number of likely N-dealkylation sites (tertiary alicyclic amines) is 1. The van der Waals surface area contributed by atoms with Gasteiger partial charge < -0.3 is 14.8 Å². The fourth-order valence-electron chi connectivity index (χ4n) is 2.71. The van der Waals surface area contributed by atoms with Crippen molar-refractivity contribution in [1.82, 2.24) is 10.2 Å². The minimum Gasteiger partial charge on any atom is -0.348 e. The number of ether oxygens (including phenoxy) is 2. The maximum absolute atomic E-state index is 12.3. The smallest absolute Gasteiger partial charge is 0.348 e. The molecule has 20 heavy (non-hydrogen) atoms. The van der Waals surface area contributed by atoms with Crippen LogP contribution in [0.25, 0.3) is 0 Å². The van der Waals surface area contributed by atoms with Crippen LogP contribution in [0, 0.1) is 0 Å². The number of hydrogen-bond donors (Lipinski definition) is 1. The quantitative estimate of drug-likeness (QED) is 0.857. The maximum atomic E-state index is 12.3. The Bertz CT molecular complexity index is 315. The Hall–Kier alpha value is -0.370. The monoisotopic (exact) mass is 296 g/mol. The van der Waals surface area contributed by atoms with Crippen molar-refractivity contribution in [2.45, 2.75) is 50.8 Å². The zero-order chi connectivity index (χ0) is 14.8. The molecule has 7 heteroatoms. The van der Waals surface area contributed by atoms with Crippen LogP contribution in [-0.4, -0.2) is 61.8 Å². The van der Waals surface area contributed by atoms with Gasteiger partial charge in [0.15, 0.2) is 5.79 Å². The van der Waals surface area contributed by atoms with Crippen LogP contribution in [-0.2, 0) is 9.47 Å². The van der Waals surface area contributed by atoms with E-state index in [1.54, 1.807) is 0 Å². The van der Waals surface area contributed by atoms with E-state index >= 15 is 0 Å². The third-order valence-electron chi connectivity index (χ3n) is 3.69. The molecule has 0 spiro atoms. The maximum Gasteiger partial charge on any atom is 0.401 e. The fourth-order valence-corrected chi connectivity index (χ4v) is 2.71. The first kappa shape index (κ1) is 16.0. The highest BCUT2D eigenvalue weighted by molar-refractivity contribution is 4.81. The van der Waals surface area contributed by atoms with Gasteiger partial charge in [-0.25, -0.2) is 0 Å². The van der Waals surface area contributed by atoms with Crippen LogP contribution in [0.3, 0.4) is 0 Å². The van der Waals surface area contributed by atoms with Gasteiger partial charge in [0.1, 0.15) is 0 Å². The number of nitrogens with zero attached hydrogens (tertiary/aromatic N) is 1. The number of piperidine rings is 1. The minimum absolute atomic E-state index is 0.0261. The standard InChI is InChI=1S/C13H23F3N2O2/c1-12(2)19-8-11(20-12)7-17-10-3-5-18(6-4-10)9-13(14,15)16/h10-11,17H,3-9H2,1-2H3. The van der Waals surface area contributed by atoms with Crippen molar-refractivity contribution in [3.05, 3.63) is 0 Å². The van der Waals surface area contributed by atoms with E-state index in [1.165, 1.54) is 4.90 Å². The molecule has 0 saturated carbocycles. The highest BCUT2D eigenvalue weighted by atomic mass is 19.4. The van der Waals surface area contributed by atoms with E-state index in [-0.39, 0.29) is 12.1 Å². The molecule has 2 rings (SSSR count). The van der Waals surface area contributed by atoms with Gasteiger partial charge in [0.25, 0.3) is 0 Å². The van der Waals surface area contributed by atoms with Gasteiger partial charge in [0.05, 0.1) is 19.3 Å². The Morgan fingerprint density at radius 1 is 1.25 bits per heavy atom. The first-order valence-corrected chi connectivity index (χ1v) is 7.08. The van der Waals surface area contributed by atoms with Crippen LogP contribution in [0.2, 0.25) is 0 Å². The summed E-state index contributed by atoms with van der Waals surface area (Å²) >= 11 is 0. The van der Waals surface area contributed by atoms with Crippen molar-refractivity contribution in [3.8, 4) is 0 Å². The van der Waals surface area contributed by atoms with Gasteiger partial charge in [-0.05, 0) is 39.8 Å². The Labute approximate surface area is 117 Å². The molecule has 4 nitrogen and oxygen atoms in total. The molecular weight excluding hydrogens is 273 g/mol. The first-order chi connectivity index (χ1) is 9.23. The second-order valence-electron chi connectivity index (χ2n) is 6.02. The van der Waals surface area contributed by atoms with Crippen LogP contribution in [0.1, 0.15) is 26.7 Å². The molecule has 0 radical (unpaired) electrons. The highest BCUT2D eigenvalue weighted by Gasteiger charge is 2.34. The third kappa shape index (κ3) is 5.20. The van der Waals surface area contributed by atoms with Crippen molar-refractivity contribution in [1.29, 1.82) is 0 Å². The zero-order valence-electron chi connectivity index (χ0n) is 12.0. The summed E-state index contributed by atoms with van der Waals surface area (Å²) in [6.07, 6.45) is -2.58. The molecule has 2 saturated heterocycles. The van der Waals surface area contributed by atoms with E-state index in [1.807, 2.05) is 13.8 Å². The number of nitrogens with one attached hydrogen (secondary N) is 1. The van der Waals surface area contributed by atoms with Gasteiger partial charge in [-0.2, -0.15) is 13.2 Å². The summed E-state index contributed by atoms with van der Waals surface area (Å²) in [4.78, 5) is 1.47. The molecule has 2 heterocycles. The van der Waals surface area contributed by atoms with Crippen molar-refractivity contribution in [3.63, 3.8) is 0 Å². The molecule has 0 amide bonds. The number of rotatable bonds is 4. The minimum atomic E-state index is -4.10. The van der Waals surface area contributed by atoms with Crippen LogP contribution >= 0.6 is 0 Å². The second kappa shape index (κ2) is 6.17. The molecule has 1 N–H and O–H groups in total. The first-order valence-electron chi connectivity index (χ1n) is 7.08. The van der Waals surface area contributed by atoms with E-state index in [9.17, 15) is 13.2 Å². The summed E-state index contributed by atoms with van der Waals surface area (Å²) in [7, 11) is 0. The summed E-state index contributed by atoms with van der Waals surface area (Å²) in [5.41, 5.74) is 0. The predicted molar refractivity (Wildman–Crippen MR) is 68.4 cm³/mol. The molecule has 118 valence electrons. The SMILES string of the molecule is CC1(C)OCC(CNC2CCN(CC(F)(F)F)CC2)O1. The van der Waals surface area contributed by atoms with E-state index < -0.39 is 18.5 Å². The van der Waals surface area contributed by atoms with Gasteiger partial charge in [0, 0.05) is 12.6 Å². The summed E-state index contributed by atoms with van der Waals surface area (Å²) in [6, 6.07) is 0.270. The van der Waals surface area contributed by atoms with Gasteiger partial charge in [-0.1, -0.05) is 0 Å². The number of alkyl halides is 3. The summed E-state index contributed by atoms with van der Waals surface area (Å²) in [5, 5.41) is 3.37. The Balaban J connectivity index is 1.63. The Morgan fingerprint density at radius 2 is 1.90 bits per heavy atom. The Morgan fingerprint density at radius 3 is 2.40 bits per heavy atom. The van der Waals surface area contributed by atoms with E-state index in [0.717, 1.165) is 12.8 Å². The highest BCUT2D eigenvalue weighted by Crippen LogP contribution is 2.23. The molecule has 0 aliphatic carbocycles. The lowest BCUT2D eigenvalue weighted by Crippen LogP contribution is -2.47. The van der Waals surface area contributed by atoms with Crippen molar-refractivity contribution < 1.29 is 22.6 Å². The predicted octanol–water partition coefficient (Wildman–Crippen LogP) is 1.75. The average Bonchev–Trinajstić information content (AvgIpc) is 2.66. The molecule has 2 aliphatic heterocycles. The summed E-state index contributed by atoms with van der Waals surface area (Å²) < 4.78 is 48.0. The van der Waals surface area contributed by atoms with Crippen LogP contribution in [0.5, 0.6) is 0 Å². The molecule has 0 aromatic heterocycles. The normalized spacial score (nSPS) is 28.9. The molecule has 1 unspecified atom stereocenters. The number of hydrogen-bond acceptors (Lipinski definition) is 4. The molecule has 0 aromatic carbocycles. The summed E-state index contributed by atoms with van der Waals surface area (Å²) in [5.74, 6) is -0.525. The molecule has 2 aliphatic rings. The molecular formula is C13H23F3N2O2. The molecule has 2 fully saturated rings. The van der Waals surface area contributed by atoms with Crippen molar-refractivity contribution in [2.75, 3.05) is 32.8 Å². The fraction of sp³-hybridized carbons (Fsp3) is 1.00. The molecule has 0 aromatic rings. The lowest BCUT2D eigenvalue weighted by molar-refractivity contribution is -0.148. The third-order valence-corrected chi connectivity index (χ3v) is 3.69. The lowest BCUT2D eigenvalue weighted by Gasteiger charge is -2.33. The second-order valence-corrected chi connectivity index (χ2v) is 6.02. The van der Waals surface area contributed by atoms with Gasteiger partial charge in [0.2, 0.25) is 0 Å². The average molecular weight is 296 g/mol. The molecule has 1 atom stereocenters. The Kier molecular flexibility index (Phi) is 4.94. The van der Waals surface area contributed by atoms with Crippen LogP contribution < -0.4 is 5.32 Å². The largest absolute Gasteiger partial charge is 0.401 e. The van der Waals surface area contributed by atoms with Crippen LogP contribution in [0.4, 0.5) is 13.2 Å². The number of halogens is 3. The summed E-state index contributed by atoms with van der Waals surface area (Å²) in [6.45, 7) is 5.19. The van der Waals surface area contributed by atoms with Gasteiger partial charge >= 0.3 is 6.18 Å². The van der Waals surface area contributed by atoms with Crippen LogP contribution in [0.15, 0.2) is 0 Å². The van der Waals surface area contributed by atoms with E-state index in [4.69, 9.17) is 9.47 Å². The zero-order valence-corrected chi connectivity index (χ0v) is 12.0. The van der Waals surface area contributed by atoms with Gasteiger partial charge in [-0.3, -0.25) is 4.90 Å². The molecule has 0 bridgehead atoms. The van der Waals surface area contributed by atoms with E-state index in [2.05, 4.69) is 5.32 Å². The van der Waals surface area contributed by atoms with Crippen molar-refractivity contribution >= 4 is 0 Å². The lowest BCUT2D eigenvalue weighted by atomic mass is 10.0. The van der Waals surface area contributed by atoms with E-state index in [0.29, 0.717) is 26.2 Å². The van der Waals surface area contributed by atoms with Gasteiger partial charge in [-0.15, -0.1) is 0 Å². The topological polar surface area (TPSA) is 33.7 Å².